The number of thiophene rings is 1. The van der Waals surface area contributed by atoms with Crippen molar-refractivity contribution in [2.75, 3.05) is 13.2 Å². The van der Waals surface area contributed by atoms with E-state index in [0.717, 1.165) is 24.2 Å². The van der Waals surface area contributed by atoms with Gasteiger partial charge in [0.25, 0.3) is 10.0 Å². The normalized spacial score (nSPS) is 16.1. The third-order valence-electron chi connectivity index (χ3n) is 2.53. The van der Waals surface area contributed by atoms with Crippen LogP contribution < -0.4 is 0 Å². The highest BCUT2D eigenvalue weighted by atomic mass is 32.2. The lowest BCUT2D eigenvalue weighted by Crippen LogP contribution is -2.35. The molecule has 1 heterocycles. The molecule has 0 saturated heterocycles. The minimum atomic E-state index is -3.55. The van der Waals surface area contributed by atoms with E-state index in [2.05, 4.69) is 0 Å². The Morgan fingerprint density at radius 2 is 2.24 bits per heavy atom. The van der Waals surface area contributed by atoms with Crippen molar-refractivity contribution in [2.24, 2.45) is 0 Å². The fourth-order valence-electron chi connectivity index (χ4n) is 1.59. The van der Waals surface area contributed by atoms with Crippen molar-refractivity contribution >= 4 is 21.4 Å². The molecule has 0 spiro atoms. The van der Waals surface area contributed by atoms with Gasteiger partial charge in [-0.2, -0.15) is 9.57 Å². The maximum atomic E-state index is 12.2. The van der Waals surface area contributed by atoms with E-state index >= 15 is 0 Å². The molecule has 0 amide bonds. The summed E-state index contributed by atoms with van der Waals surface area (Å²) in [5.74, 6) is 0. The Balaban J connectivity index is 2.30. The Hall–Kier alpha value is -0.940. The van der Waals surface area contributed by atoms with Gasteiger partial charge in [0, 0.05) is 12.6 Å². The summed E-state index contributed by atoms with van der Waals surface area (Å²) in [7, 11) is -3.55. The molecule has 1 aliphatic carbocycles. The number of nitrogens with zero attached hydrogens (tertiary/aromatic N) is 2. The molecular weight excluding hydrogens is 260 g/mol. The van der Waals surface area contributed by atoms with Crippen LogP contribution in [0.2, 0.25) is 0 Å². The lowest BCUT2D eigenvalue weighted by molar-refractivity contribution is 0.250. The number of sulfonamides is 1. The van der Waals surface area contributed by atoms with E-state index in [-0.39, 0.29) is 23.4 Å². The van der Waals surface area contributed by atoms with E-state index in [1.807, 2.05) is 6.07 Å². The van der Waals surface area contributed by atoms with Crippen molar-refractivity contribution in [1.29, 1.82) is 5.26 Å². The minimum Gasteiger partial charge on any atom is -0.395 e. The lowest BCUT2D eigenvalue weighted by Gasteiger charge is -2.19. The highest BCUT2D eigenvalue weighted by Crippen LogP contribution is 2.33. The molecule has 0 radical (unpaired) electrons. The van der Waals surface area contributed by atoms with Crippen LogP contribution in [0.3, 0.4) is 0 Å². The monoisotopic (exact) mass is 272 g/mol. The Morgan fingerprint density at radius 1 is 1.53 bits per heavy atom. The Morgan fingerprint density at radius 3 is 2.71 bits per heavy atom. The van der Waals surface area contributed by atoms with Crippen LogP contribution in [0.5, 0.6) is 0 Å². The molecular formula is C10H12N2O3S2. The zero-order chi connectivity index (χ0) is 12.5. The van der Waals surface area contributed by atoms with Crippen LogP contribution in [0, 0.1) is 11.3 Å². The van der Waals surface area contributed by atoms with Gasteiger partial charge in [-0.25, -0.2) is 8.42 Å². The molecule has 0 aliphatic heterocycles. The number of hydrogen-bond donors (Lipinski definition) is 1. The summed E-state index contributed by atoms with van der Waals surface area (Å²) in [6.45, 7) is -0.0704. The highest BCUT2D eigenvalue weighted by Gasteiger charge is 2.38. The van der Waals surface area contributed by atoms with Gasteiger partial charge in [0.15, 0.2) is 0 Å². The molecule has 1 aromatic heterocycles. The predicted octanol–water partition coefficient (Wildman–Crippen LogP) is 0.765. The van der Waals surface area contributed by atoms with Crippen molar-refractivity contribution in [2.45, 2.75) is 23.1 Å². The molecule has 5 nitrogen and oxygen atoms in total. The minimum absolute atomic E-state index is 0.0137. The standard InChI is InChI=1S/C10H12N2O3S2/c11-7-9-3-4-10(16-9)17(14,15)12(5-6-13)8-1-2-8/h3-4,8,13H,1-2,5-6H2. The molecule has 1 aromatic rings. The molecule has 7 heteroatoms. The molecule has 92 valence electrons. The van der Waals surface area contributed by atoms with Gasteiger partial charge in [-0.15, -0.1) is 11.3 Å². The summed E-state index contributed by atoms with van der Waals surface area (Å²) in [5.41, 5.74) is 0. The molecule has 0 bridgehead atoms. The molecule has 1 N–H and O–H groups in total. The van der Waals surface area contributed by atoms with Crippen LogP contribution >= 0.6 is 11.3 Å². The second-order valence-corrected chi connectivity index (χ2v) is 7.00. The smallest absolute Gasteiger partial charge is 0.252 e. The molecule has 0 aromatic carbocycles. The first-order valence-corrected chi connectivity index (χ1v) is 7.48. The predicted molar refractivity (Wildman–Crippen MR) is 63.0 cm³/mol. The summed E-state index contributed by atoms with van der Waals surface area (Å²) in [5, 5.41) is 17.6. The Bertz CT molecular complexity index is 540. The largest absolute Gasteiger partial charge is 0.395 e. The number of aliphatic hydroxyl groups is 1. The van der Waals surface area contributed by atoms with E-state index in [1.165, 1.54) is 16.4 Å². The maximum Gasteiger partial charge on any atom is 0.252 e. The fourth-order valence-corrected chi connectivity index (χ4v) is 4.50. The van der Waals surface area contributed by atoms with Crippen LogP contribution in [-0.2, 0) is 10.0 Å². The Kier molecular flexibility index (Phi) is 3.49. The van der Waals surface area contributed by atoms with E-state index < -0.39 is 10.0 Å². The van der Waals surface area contributed by atoms with Crippen LogP contribution in [0.15, 0.2) is 16.3 Å². The van der Waals surface area contributed by atoms with Gasteiger partial charge < -0.3 is 5.11 Å². The topological polar surface area (TPSA) is 81.4 Å². The second-order valence-electron chi connectivity index (χ2n) is 3.80. The van der Waals surface area contributed by atoms with E-state index in [0.29, 0.717) is 4.88 Å². The summed E-state index contributed by atoms with van der Waals surface area (Å²) < 4.78 is 26.0. The SMILES string of the molecule is N#Cc1ccc(S(=O)(=O)N(CCO)C2CC2)s1. The average Bonchev–Trinajstić information content (AvgIpc) is 3.01. The first-order chi connectivity index (χ1) is 8.09. The third kappa shape index (κ3) is 2.50. The maximum absolute atomic E-state index is 12.2. The van der Waals surface area contributed by atoms with E-state index in [4.69, 9.17) is 10.4 Å². The zero-order valence-corrected chi connectivity index (χ0v) is 10.7. The zero-order valence-electron chi connectivity index (χ0n) is 9.04. The molecule has 2 rings (SSSR count). The molecule has 1 aliphatic rings. The quantitative estimate of drug-likeness (QED) is 0.858. The first-order valence-electron chi connectivity index (χ1n) is 5.22. The van der Waals surface area contributed by atoms with E-state index in [1.54, 1.807) is 0 Å². The fraction of sp³-hybridized carbons (Fsp3) is 0.500. The first kappa shape index (κ1) is 12.5. The van der Waals surface area contributed by atoms with E-state index in [9.17, 15) is 8.42 Å². The Labute approximate surface area is 104 Å². The summed E-state index contributed by atoms with van der Waals surface area (Å²) >= 11 is 0.967. The highest BCUT2D eigenvalue weighted by molar-refractivity contribution is 7.91. The number of hydrogen-bond acceptors (Lipinski definition) is 5. The van der Waals surface area contributed by atoms with Crippen molar-refractivity contribution in [3.8, 4) is 6.07 Å². The van der Waals surface area contributed by atoms with Crippen LogP contribution in [0.25, 0.3) is 0 Å². The summed E-state index contributed by atoms with van der Waals surface area (Å²) in [4.78, 5) is 0.378. The average molecular weight is 272 g/mol. The van der Waals surface area contributed by atoms with Gasteiger partial charge >= 0.3 is 0 Å². The van der Waals surface area contributed by atoms with Crippen molar-refractivity contribution in [3.05, 3.63) is 17.0 Å². The van der Waals surface area contributed by atoms with Gasteiger partial charge in [-0.1, -0.05) is 0 Å². The van der Waals surface area contributed by atoms with Crippen LogP contribution in [0.4, 0.5) is 0 Å². The lowest BCUT2D eigenvalue weighted by atomic mass is 10.5. The van der Waals surface area contributed by atoms with Crippen molar-refractivity contribution in [3.63, 3.8) is 0 Å². The van der Waals surface area contributed by atoms with Gasteiger partial charge in [0.2, 0.25) is 0 Å². The number of aliphatic hydroxyl groups excluding tert-OH is 1. The second kappa shape index (κ2) is 4.74. The summed E-state index contributed by atoms with van der Waals surface area (Å²) in [6, 6.07) is 4.89. The molecule has 1 saturated carbocycles. The van der Waals surface area contributed by atoms with Crippen molar-refractivity contribution < 1.29 is 13.5 Å². The number of rotatable bonds is 5. The van der Waals surface area contributed by atoms with Gasteiger partial charge in [-0.3, -0.25) is 0 Å². The molecule has 0 unspecified atom stereocenters. The van der Waals surface area contributed by atoms with Gasteiger partial charge in [-0.05, 0) is 25.0 Å². The van der Waals surface area contributed by atoms with Crippen molar-refractivity contribution in [1.82, 2.24) is 4.31 Å². The molecule has 17 heavy (non-hydrogen) atoms. The molecule has 0 atom stereocenters. The van der Waals surface area contributed by atoms with Gasteiger partial charge in [0.1, 0.15) is 15.2 Å². The number of nitriles is 1. The van der Waals surface area contributed by atoms with Crippen LogP contribution in [-0.4, -0.2) is 37.0 Å². The third-order valence-corrected chi connectivity index (χ3v) is 5.94. The van der Waals surface area contributed by atoms with Gasteiger partial charge in [0.05, 0.1) is 6.61 Å². The summed E-state index contributed by atoms with van der Waals surface area (Å²) in [6.07, 6.45) is 1.69. The van der Waals surface area contributed by atoms with Crippen LogP contribution in [0.1, 0.15) is 17.7 Å². The molecule has 1 fully saturated rings.